The molecular formula is C20H20F3NO3. The molecule has 0 aliphatic rings. The van der Waals surface area contributed by atoms with Gasteiger partial charge in [0.05, 0.1) is 6.61 Å². The Kier molecular flexibility index (Phi) is 6.87. The van der Waals surface area contributed by atoms with Gasteiger partial charge in [0.25, 0.3) is 0 Å². The van der Waals surface area contributed by atoms with Crippen molar-refractivity contribution in [3.8, 4) is 11.5 Å². The van der Waals surface area contributed by atoms with Crippen LogP contribution in [-0.2, 0) is 11.3 Å². The summed E-state index contributed by atoms with van der Waals surface area (Å²) in [5.74, 6) is -0.0333. The molecule has 2 aromatic rings. The molecule has 0 saturated heterocycles. The van der Waals surface area contributed by atoms with Crippen molar-refractivity contribution in [1.82, 2.24) is 4.90 Å². The van der Waals surface area contributed by atoms with Gasteiger partial charge in [0.1, 0.15) is 11.5 Å². The van der Waals surface area contributed by atoms with Crippen LogP contribution >= 0.6 is 0 Å². The molecule has 2 aromatic carbocycles. The van der Waals surface area contributed by atoms with Crippen molar-refractivity contribution in [2.24, 2.45) is 0 Å². The van der Waals surface area contributed by atoms with Gasteiger partial charge in [-0.05, 0) is 25.1 Å². The maximum absolute atomic E-state index is 12.5. The number of carbonyl (C=O) groups excluding carboxylic acids is 1. The molecule has 4 nitrogen and oxygen atoms in total. The topological polar surface area (TPSA) is 38.8 Å². The molecule has 144 valence electrons. The minimum Gasteiger partial charge on any atom is -0.493 e. The number of ether oxygens (including phenoxy) is 2. The first kappa shape index (κ1) is 20.4. The minimum absolute atomic E-state index is 0.0253. The summed E-state index contributed by atoms with van der Waals surface area (Å²) in [6.07, 6.45) is -1.82. The van der Waals surface area contributed by atoms with Crippen LogP contribution in [0.1, 0.15) is 18.1 Å². The van der Waals surface area contributed by atoms with Gasteiger partial charge in [0, 0.05) is 30.8 Å². The standard InChI is InChI=1S/C20H20F3NO3/c1-3-26-17-10-6-4-8-15(17)12-13-19(25)24(2)14-16-9-5-7-11-18(16)27-20(21,22)23/h4-13H,3,14H2,1-2H3/b13-12+. The largest absolute Gasteiger partial charge is 0.573 e. The molecule has 0 spiro atoms. The van der Waals surface area contributed by atoms with Crippen LogP contribution in [0.2, 0.25) is 0 Å². The zero-order valence-electron chi connectivity index (χ0n) is 15.0. The number of nitrogens with zero attached hydrogens (tertiary/aromatic N) is 1. The number of carbonyl (C=O) groups is 1. The lowest BCUT2D eigenvalue weighted by Gasteiger charge is -2.18. The number of halogens is 3. The van der Waals surface area contributed by atoms with E-state index in [9.17, 15) is 18.0 Å². The summed E-state index contributed by atoms with van der Waals surface area (Å²) < 4.78 is 47.0. The fourth-order valence-corrected chi connectivity index (χ4v) is 2.39. The summed E-state index contributed by atoms with van der Waals surface area (Å²) in [6.45, 7) is 2.33. The van der Waals surface area contributed by atoms with Crippen molar-refractivity contribution >= 4 is 12.0 Å². The first-order valence-corrected chi connectivity index (χ1v) is 8.29. The van der Waals surface area contributed by atoms with Crippen LogP contribution < -0.4 is 9.47 Å². The molecule has 0 aliphatic carbocycles. The molecule has 0 aliphatic heterocycles. The van der Waals surface area contributed by atoms with Gasteiger partial charge in [0.15, 0.2) is 0 Å². The molecule has 0 heterocycles. The van der Waals surface area contributed by atoms with Crippen molar-refractivity contribution in [2.75, 3.05) is 13.7 Å². The number of hydrogen-bond donors (Lipinski definition) is 0. The molecule has 1 amide bonds. The summed E-state index contributed by atoms with van der Waals surface area (Å²) >= 11 is 0. The highest BCUT2D eigenvalue weighted by atomic mass is 19.4. The van der Waals surface area contributed by atoms with E-state index in [2.05, 4.69) is 4.74 Å². The smallest absolute Gasteiger partial charge is 0.493 e. The van der Waals surface area contributed by atoms with Crippen LogP contribution in [0.25, 0.3) is 6.08 Å². The van der Waals surface area contributed by atoms with E-state index < -0.39 is 6.36 Å². The third kappa shape index (κ3) is 6.36. The fourth-order valence-electron chi connectivity index (χ4n) is 2.39. The van der Waals surface area contributed by atoms with E-state index in [4.69, 9.17) is 4.74 Å². The van der Waals surface area contributed by atoms with E-state index in [1.165, 1.54) is 36.2 Å². The van der Waals surface area contributed by atoms with E-state index in [1.54, 1.807) is 24.3 Å². The predicted octanol–water partition coefficient (Wildman–Crippen LogP) is 4.66. The second-order valence-corrected chi connectivity index (χ2v) is 5.65. The van der Waals surface area contributed by atoms with Crippen LogP contribution in [0.5, 0.6) is 11.5 Å². The maximum atomic E-state index is 12.5. The molecule has 0 radical (unpaired) electrons. The SMILES string of the molecule is CCOc1ccccc1/C=C/C(=O)N(C)Cc1ccccc1OC(F)(F)F. The number of hydrogen-bond acceptors (Lipinski definition) is 3. The molecule has 27 heavy (non-hydrogen) atoms. The van der Waals surface area contributed by atoms with E-state index in [-0.39, 0.29) is 23.8 Å². The third-order valence-corrected chi connectivity index (χ3v) is 3.61. The van der Waals surface area contributed by atoms with Gasteiger partial charge in [-0.3, -0.25) is 4.79 Å². The first-order valence-electron chi connectivity index (χ1n) is 8.29. The summed E-state index contributed by atoms with van der Waals surface area (Å²) in [5, 5.41) is 0. The second kappa shape index (κ2) is 9.12. The van der Waals surface area contributed by atoms with Crippen molar-refractivity contribution < 1.29 is 27.4 Å². The lowest BCUT2D eigenvalue weighted by atomic mass is 10.1. The Morgan fingerprint density at radius 3 is 2.37 bits per heavy atom. The molecule has 0 N–H and O–H groups in total. The summed E-state index contributed by atoms with van der Waals surface area (Å²) in [5.41, 5.74) is 0.996. The van der Waals surface area contributed by atoms with Crippen LogP contribution in [0.3, 0.4) is 0 Å². The van der Waals surface area contributed by atoms with Crippen molar-refractivity contribution in [3.63, 3.8) is 0 Å². The second-order valence-electron chi connectivity index (χ2n) is 5.65. The summed E-state index contributed by atoms with van der Waals surface area (Å²) in [6, 6.07) is 13.0. The Morgan fingerprint density at radius 2 is 1.70 bits per heavy atom. The van der Waals surface area contributed by atoms with Gasteiger partial charge in [-0.25, -0.2) is 0 Å². The van der Waals surface area contributed by atoms with E-state index in [0.29, 0.717) is 12.4 Å². The van der Waals surface area contributed by atoms with Gasteiger partial charge >= 0.3 is 6.36 Å². The van der Waals surface area contributed by atoms with Crippen molar-refractivity contribution in [2.45, 2.75) is 19.8 Å². The normalized spacial score (nSPS) is 11.4. The molecular weight excluding hydrogens is 359 g/mol. The number of benzene rings is 2. The average Bonchev–Trinajstić information content (AvgIpc) is 2.61. The number of alkyl halides is 3. The Bertz CT molecular complexity index is 803. The molecule has 2 rings (SSSR count). The summed E-state index contributed by atoms with van der Waals surface area (Å²) in [7, 11) is 1.51. The highest BCUT2D eigenvalue weighted by molar-refractivity contribution is 5.92. The fraction of sp³-hybridized carbons (Fsp3) is 0.250. The highest BCUT2D eigenvalue weighted by Gasteiger charge is 2.32. The molecule has 0 fully saturated rings. The summed E-state index contributed by atoms with van der Waals surface area (Å²) in [4.78, 5) is 13.6. The van der Waals surface area contributed by atoms with Gasteiger partial charge in [0.2, 0.25) is 5.91 Å². The maximum Gasteiger partial charge on any atom is 0.573 e. The lowest BCUT2D eigenvalue weighted by molar-refractivity contribution is -0.275. The van der Waals surface area contributed by atoms with Crippen molar-refractivity contribution in [1.29, 1.82) is 0 Å². The molecule has 0 unspecified atom stereocenters. The van der Waals surface area contributed by atoms with E-state index in [1.807, 2.05) is 19.1 Å². The number of amides is 1. The predicted molar refractivity (Wildman–Crippen MR) is 96.2 cm³/mol. The first-order chi connectivity index (χ1) is 12.8. The van der Waals surface area contributed by atoms with Crippen molar-refractivity contribution in [3.05, 3.63) is 65.7 Å². The van der Waals surface area contributed by atoms with E-state index >= 15 is 0 Å². The number of para-hydroxylation sites is 2. The van der Waals surface area contributed by atoms with Crippen LogP contribution in [0.4, 0.5) is 13.2 Å². The molecule has 0 atom stereocenters. The molecule has 0 saturated carbocycles. The van der Waals surface area contributed by atoms with Gasteiger partial charge in [-0.15, -0.1) is 13.2 Å². The highest BCUT2D eigenvalue weighted by Crippen LogP contribution is 2.27. The van der Waals surface area contributed by atoms with Crippen LogP contribution in [0, 0.1) is 0 Å². The zero-order valence-corrected chi connectivity index (χ0v) is 15.0. The van der Waals surface area contributed by atoms with Gasteiger partial charge in [-0.2, -0.15) is 0 Å². The Hall–Kier alpha value is -2.96. The molecule has 0 bridgehead atoms. The molecule has 0 aromatic heterocycles. The van der Waals surface area contributed by atoms with Gasteiger partial charge in [-0.1, -0.05) is 36.4 Å². The molecule has 7 heteroatoms. The quantitative estimate of drug-likeness (QED) is 0.657. The van der Waals surface area contributed by atoms with Crippen LogP contribution in [0.15, 0.2) is 54.6 Å². The third-order valence-electron chi connectivity index (χ3n) is 3.61. The van der Waals surface area contributed by atoms with E-state index in [0.717, 1.165) is 5.56 Å². The van der Waals surface area contributed by atoms with Gasteiger partial charge < -0.3 is 14.4 Å². The average molecular weight is 379 g/mol. The Morgan fingerprint density at radius 1 is 1.07 bits per heavy atom. The monoisotopic (exact) mass is 379 g/mol. The Labute approximate surface area is 155 Å². The zero-order chi connectivity index (χ0) is 19.9. The Balaban J connectivity index is 2.09. The number of likely N-dealkylation sites (N-methyl/N-ethyl adjacent to an activating group) is 1. The van der Waals surface area contributed by atoms with Crippen LogP contribution in [-0.4, -0.2) is 30.8 Å². The lowest BCUT2D eigenvalue weighted by Crippen LogP contribution is -2.25. The minimum atomic E-state index is -4.79. The number of rotatable bonds is 7.